The molecule has 8 nitrogen and oxygen atoms in total. The number of piperidine rings is 2. The van der Waals surface area contributed by atoms with Gasteiger partial charge in [0.2, 0.25) is 11.8 Å². The highest BCUT2D eigenvalue weighted by Gasteiger charge is 2.34. The predicted molar refractivity (Wildman–Crippen MR) is 161 cm³/mol. The second-order valence-corrected chi connectivity index (χ2v) is 10.5. The van der Waals surface area contributed by atoms with Crippen molar-refractivity contribution in [3.05, 3.63) is 58.7 Å². The van der Waals surface area contributed by atoms with Crippen molar-refractivity contribution in [3.63, 3.8) is 0 Å². The summed E-state index contributed by atoms with van der Waals surface area (Å²) in [5.41, 5.74) is 1.53. The maximum atomic E-state index is 13.6. The van der Waals surface area contributed by atoms with Crippen LogP contribution in [0.4, 0.5) is 11.4 Å². The zero-order chi connectivity index (χ0) is 26.5. The Labute approximate surface area is 248 Å². The zero-order valence-corrected chi connectivity index (χ0v) is 24.3. The van der Waals surface area contributed by atoms with Gasteiger partial charge in [0.15, 0.2) is 11.6 Å². The summed E-state index contributed by atoms with van der Waals surface area (Å²) in [6.07, 6.45) is 7.67. The van der Waals surface area contributed by atoms with Crippen molar-refractivity contribution in [2.75, 3.05) is 49.9 Å². The first-order valence-electron chi connectivity index (χ1n) is 13.9. The molecular weight excluding hydrogens is 551 g/mol. The molecule has 3 aliphatic rings. The van der Waals surface area contributed by atoms with E-state index in [4.69, 9.17) is 0 Å². The highest BCUT2D eigenvalue weighted by Crippen LogP contribution is 2.36. The van der Waals surface area contributed by atoms with Crippen molar-refractivity contribution in [3.8, 4) is 0 Å². The number of halogens is 2. The van der Waals surface area contributed by atoms with E-state index < -0.39 is 0 Å². The average molecular weight is 590 g/mol. The molecule has 0 atom stereocenters. The Kier molecular flexibility index (Phi) is 11.7. The number of likely N-dealkylation sites (tertiary alicyclic amines) is 2. The molecule has 0 spiro atoms. The number of anilines is 2. The van der Waals surface area contributed by atoms with Crippen molar-refractivity contribution < 1.29 is 19.2 Å². The van der Waals surface area contributed by atoms with E-state index in [1.165, 1.54) is 12.8 Å². The third-order valence-corrected chi connectivity index (χ3v) is 7.83. The molecule has 2 fully saturated rings. The molecule has 0 bridgehead atoms. The highest BCUT2D eigenvalue weighted by atomic mass is 35.5. The number of fused-ring (bicyclic) bond motifs is 2. The molecule has 2 heterocycles. The van der Waals surface area contributed by atoms with Crippen molar-refractivity contribution >= 4 is 59.6 Å². The van der Waals surface area contributed by atoms with Gasteiger partial charge < -0.3 is 20.4 Å². The molecule has 2 aliphatic heterocycles. The van der Waals surface area contributed by atoms with Crippen LogP contribution in [0.3, 0.4) is 0 Å². The van der Waals surface area contributed by atoms with Gasteiger partial charge in [-0.05, 0) is 64.0 Å². The summed E-state index contributed by atoms with van der Waals surface area (Å²) in [6, 6.07) is 9.94. The average Bonchev–Trinajstić information content (AvgIpc) is 2.95. The number of hydrogen-bond donors (Lipinski definition) is 2. The topological polar surface area (TPSA) is 98.8 Å². The third-order valence-electron chi connectivity index (χ3n) is 7.83. The molecular formula is C30H38Cl2N4O4. The Morgan fingerprint density at radius 2 is 0.975 bits per heavy atom. The molecule has 2 N–H and O–H groups in total. The second kappa shape index (κ2) is 14.7. The molecule has 1 aliphatic carbocycles. The molecule has 2 aromatic carbocycles. The summed E-state index contributed by atoms with van der Waals surface area (Å²) >= 11 is 0. The quantitative estimate of drug-likeness (QED) is 0.387. The lowest BCUT2D eigenvalue weighted by molar-refractivity contribution is -0.117. The van der Waals surface area contributed by atoms with Crippen LogP contribution in [0.2, 0.25) is 0 Å². The summed E-state index contributed by atoms with van der Waals surface area (Å²) in [6.45, 7) is 5.32. The first-order chi connectivity index (χ1) is 18.5. The number of hydrogen-bond acceptors (Lipinski definition) is 6. The van der Waals surface area contributed by atoms with Crippen LogP contribution in [-0.4, -0.2) is 72.4 Å². The van der Waals surface area contributed by atoms with E-state index in [0.29, 0.717) is 48.4 Å². The Hall–Kier alpha value is -2.78. The molecule has 0 radical (unpaired) electrons. The van der Waals surface area contributed by atoms with E-state index in [-0.39, 0.29) is 59.3 Å². The summed E-state index contributed by atoms with van der Waals surface area (Å²) in [5, 5.41) is 5.76. The first kappa shape index (κ1) is 31.7. The van der Waals surface area contributed by atoms with E-state index in [1.54, 1.807) is 36.4 Å². The molecule has 10 heteroatoms. The molecule has 0 aromatic heterocycles. The van der Waals surface area contributed by atoms with Crippen LogP contribution in [0.1, 0.15) is 83.2 Å². The van der Waals surface area contributed by atoms with E-state index >= 15 is 0 Å². The lowest BCUT2D eigenvalue weighted by Gasteiger charge is -2.27. The van der Waals surface area contributed by atoms with Crippen molar-refractivity contribution in [2.45, 2.75) is 51.4 Å². The van der Waals surface area contributed by atoms with Crippen LogP contribution >= 0.6 is 24.8 Å². The molecule has 216 valence electrons. The zero-order valence-electron chi connectivity index (χ0n) is 22.7. The normalized spacial score (nSPS) is 17.1. The van der Waals surface area contributed by atoms with E-state index in [9.17, 15) is 19.2 Å². The van der Waals surface area contributed by atoms with Gasteiger partial charge in [-0.2, -0.15) is 0 Å². The maximum absolute atomic E-state index is 13.6. The van der Waals surface area contributed by atoms with Crippen LogP contribution in [0.25, 0.3) is 0 Å². The molecule has 2 aromatic rings. The Morgan fingerprint density at radius 3 is 1.35 bits per heavy atom. The van der Waals surface area contributed by atoms with Crippen LogP contribution in [0, 0.1) is 0 Å². The largest absolute Gasteiger partial charge is 0.325 e. The summed E-state index contributed by atoms with van der Waals surface area (Å²) in [5.74, 6) is -1.05. The Morgan fingerprint density at radius 1 is 0.600 bits per heavy atom. The predicted octanol–water partition coefficient (Wildman–Crippen LogP) is 4.93. The van der Waals surface area contributed by atoms with Gasteiger partial charge in [0.05, 0.1) is 22.5 Å². The Bertz CT molecular complexity index is 1150. The van der Waals surface area contributed by atoms with E-state index in [2.05, 4.69) is 20.4 Å². The molecule has 2 saturated heterocycles. The first-order valence-corrected chi connectivity index (χ1v) is 13.9. The summed E-state index contributed by atoms with van der Waals surface area (Å²) in [7, 11) is 0. The smallest absolute Gasteiger partial charge is 0.225 e. The van der Waals surface area contributed by atoms with E-state index in [1.807, 2.05) is 0 Å². The fourth-order valence-corrected chi connectivity index (χ4v) is 5.74. The number of amides is 2. The SMILES string of the molecule is Cl.Cl.O=C(CCN1CCCCC1)Nc1ccc(NC(=O)CCN2CCCCC2)c2c1C(=O)c1ccccc1C2=O. The van der Waals surface area contributed by atoms with Crippen LogP contribution in [0.15, 0.2) is 36.4 Å². The fraction of sp³-hybridized carbons (Fsp3) is 0.467. The third kappa shape index (κ3) is 7.29. The minimum absolute atomic E-state index is 0. The number of benzene rings is 2. The van der Waals surface area contributed by atoms with Gasteiger partial charge in [0.1, 0.15) is 0 Å². The van der Waals surface area contributed by atoms with Crippen molar-refractivity contribution in [1.82, 2.24) is 9.80 Å². The lowest BCUT2D eigenvalue weighted by atomic mass is 9.82. The minimum atomic E-state index is -0.328. The molecule has 5 rings (SSSR count). The van der Waals surface area contributed by atoms with Gasteiger partial charge in [0, 0.05) is 37.1 Å². The fourth-order valence-electron chi connectivity index (χ4n) is 5.74. The summed E-state index contributed by atoms with van der Waals surface area (Å²) in [4.78, 5) is 57.5. The lowest BCUT2D eigenvalue weighted by Crippen LogP contribution is -2.33. The minimum Gasteiger partial charge on any atom is -0.325 e. The monoisotopic (exact) mass is 588 g/mol. The number of carbonyl (C=O) groups is 4. The molecule has 0 unspecified atom stereocenters. The van der Waals surface area contributed by atoms with E-state index in [0.717, 1.165) is 51.9 Å². The Balaban J connectivity index is 0.00000220. The maximum Gasteiger partial charge on any atom is 0.225 e. The van der Waals surface area contributed by atoms with Crippen LogP contribution < -0.4 is 10.6 Å². The van der Waals surface area contributed by atoms with Gasteiger partial charge >= 0.3 is 0 Å². The molecule has 2 amide bonds. The summed E-state index contributed by atoms with van der Waals surface area (Å²) < 4.78 is 0. The number of nitrogens with zero attached hydrogens (tertiary/aromatic N) is 2. The van der Waals surface area contributed by atoms with Crippen molar-refractivity contribution in [2.24, 2.45) is 0 Å². The van der Waals surface area contributed by atoms with Gasteiger partial charge in [-0.1, -0.05) is 37.1 Å². The molecule has 0 saturated carbocycles. The van der Waals surface area contributed by atoms with Gasteiger partial charge in [-0.3, -0.25) is 19.2 Å². The number of rotatable bonds is 8. The van der Waals surface area contributed by atoms with Crippen LogP contribution in [0.5, 0.6) is 0 Å². The standard InChI is InChI=1S/C30H36N4O4.2ClH/c35-25(13-19-33-15-5-1-6-16-33)31-23-11-12-24(32-26(36)14-20-34-17-7-2-8-18-34)28-27(23)29(37)21-9-3-4-10-22(21)30(28)38;;/h3-4,9-12H,1-2,5-8,13-20H2,(H,31,35)(H,32,36);2*1H. The van der Waals surface area contributed by atoms with Crippen molar-refractivity contribution in [1.29, 1.82) is 0 Å². The number of carbonyl (C=O) groups excluding carboxylic acids is 4. The van der Waals surface area contributed by atoms with Gasteiger partial charge in [0.25, 0.3) is 0 Å². The van der Waals surface area contributed by atoms with Crippen LogP contribution in [-0.2, 0) is 9.59 Å². The number of nitrogens with one attached hydrogen (secondary N) is 2. The van der Waals surface area contributed by atoms with Gasteiger partial charge in [-0.25, -0.2) is 0 Å². The second-order valence-electron chi connectivity index (χ2n) is 10.5. The highest BCUT2D eigenvalue weighted by molar-refractivity contribution is 6.32. The van der Waals surface area contributed by atoms with Gasteiger partial charge in [-0.15, -0.1) is 24.8 Å². The number of ketones is 2. The molecule has 40 heavy (non-hydrogen) atoms.